The quantitative estimate of drug-likeness (QED) is 0.624. The summed E-state index contributed by atoms with van der Waals surface area (Å²) in [6.07, 6.45) is 4.48. The van der Waals surface area contributed by atoms with Gasteiger partial charge in [0.1, 0.15) is 0 Å². The molecule has 0 N–H and O–H groups in total. The molecule has 0 spiro atoms. The third-order valence-corrected chi connectivity index (χ3v) is 2.82. The van der Waals surface area contributed by atoms with Gasteiger partial charge in [-0.25, -0.2) is 0 Å². The van der Waals surface area contributed by atoms with Crippen molar-refractivity contribution in [2.75, 3.05) is 20.1 Å². The average molecular weight is 190 g/mol. The summed E-state index contributed by atoms with van der Waals surface area (Å²) in [5.74, 6) is 0. The average Bonchev–Trinajstić information content (AvgIpc) is 2.42. The molecule has 2 nitrogen and oxygen atoms in total. The van der Waals surface area contributed by atoms with E-state index in [2.05, 4.69) is 49.5 Å². The molecule has 2 aliphatic rings. The lowest BCUT2D eigenvalue weighted by atomic mass is 10.1. The minimum absolute atomic E-state index is 0.499. The van der Waals surface area contributed by atoms with Crippen LogP contribution in [0.25, 0.3) is 0 Å². The maximum absolute atomic E-state index is 4.09. The molecule has 0 bridgehead atoms. The zero-order valence-corrected chi connectivity index (χ0v) is 9.25. The summed E-state index contributed by atoms with van der Waals surface area (Å²) in [4.78, 5) is 4.58. The lowest BCUT2D eigenvalue weighted by molar-refractivity contribution is 0.389. The van der Waals surface area contributed by atoms with Crippen LogP contribution in [0.15, 0.2) is 35.7 Å². The normalized spacial score (nSPS) is 22.6. The van der Waals surface area contributed by atoms with E-state index in [1.165, 1.54) is 11.1 Å². The molecule has 2 heterocycles. The van der Waals surface area contributed by atoms with E-state index in [1.54, 1.807) is 0 Å². The molecular weight excluding hydrogens is 172 g/mol. The first-order chi connectivity index (χ1) is 6.58. The molecule has 2 aliphatic heterocycles. The lowest BCUT2D eigenvalue weighted by Crippen LogP contribution is -2.26. The highest BCUT2D eigenvalue weighted by Gasteiger charge is 2.24. The monoisotopic (exact) mass is 190 g/mol. The van der Waals surface area contributed by atoms with Crippen molar-refractivity contribution in [2.45, 2.75) is 19.9 Å². The van der Waals surface area contributed by atoms with Crippen molar-refractivity contribution in [3.05, 3.63) is 35.7 Å². The van der Waals surface area contributed by atoms with Gasteiger partial charge in [-0.2, -0.15) is 0 Å². The van der Waals surface area contributed by atoms with Crippen LogP contribution in [0.1, 0.15) is 13.8 Å². The van der Waals surface area contributed by atoms with Crippen molar-refractivity contribution in [3.63, 3.8) is 0 Å². The van der Waals surface area contributed by atoms with Crippen LogP contribution in [0.4, 0.5) is 0 Å². The van der Waals surface area contributed by atoms with Crippen molar-refractivity contribution >= 4 is 0 Å². The van der Waals surface area contributed by atoms with Crippen LogP contribution in [0.3, 0.4) is 0 Å². The minimum Gasteiger partial charge on any atom is -0.346 e. The summed E-state index contributed by atoms with van der Waals surface area (Å²) in [6.45, 7) is 10.6. The number of hydrogen-bond acceptors (Lipinski definition) is 2. The van der Waals surface area contributed by atoms with E-state index in [-0.39, 0.29) is 0 Å². The molecule has 1 saturated heterocycles. The smallest absolute Gasteiger partial charge is 0.0338 e. The Labute approximate surface area is 86.2 Å². The number of rotatable bonds is 1. The van der Waals surface area contributed by atoms with Gasteiger partial charge < -0.3 is 4.90 Å². The number of likely N-dealkylation sites (N-methyl/N-ethyl adjacent to an activating group) is 1. The molecule has 76 valence electrons. The fourth-order valence-electron chi connectivity index (χ4n) is 2.11. The van der Waals surface area contributed by atoms with E-state index in [4.69, 9.17) is 0 Å². The van der Waals surface area contributed by atoms with E-state index < -0.39 is 0 Å². The second kappa shape index (κ2) is 3.28. The highest BCUT2D eigenvalue weighted by molar-refractivity contribution is 5.45. The molecule has 0 aliphatic carbocycles. The van der Waals surface area contributed by atoms with Gasteiger partial charge in [-0.15, -0.1) is 0 Å². The highest BCUT2D eigenvalue weighted by Crippen LogP contribution is 2.29. The zero-order valence-electron chi connectivity index (χ0n) is 9.25. The van der Waals surface area contributed by atoms with Crippen LogP contribution in [-0.2, 0) is 0 Å². The van der Waals surface area contributed by atoms with E-state index in [1.807, 2.05) is 0 Å². The van der Waals surface area contributed by atoms with Crippen LogP contribution in [0, 0.1) is 0 Å². The van der Waals surface area contributed by atoms with Gasteiger partial charge in [0, 0.05) is 31.0 Å². The van der Waals surface area contributed by atoms with Crippen LogP contribution < -0.4 is 0 Å². The predicted octanol–water partition coefficient (Wildman–Crippen LogP) is 1.98. The minimum atomic E-state index is 0.499. The Bertz CT molecular complexity index is 323. The fraction of sp³-hybridized carbons (Fsp3) is 0.500. The SMILES string of the molecule is C=C1C=C2CN(C)CC2=CN1C(C)C. The van der Waals surface area contributed by atoms with E-state index in [0.717, 1.165) is 18.8 Å². The molecule has 0 radical (unpaired) electrons. The van der Waals surface area contributed by atoms with E-state index >= 15 is 0 Å². The Morgan fingerprint density at radius 2 is 1.93 bits per heavy atom. The standard InChI is InChI=1S/C12H18N2/c1-9(2)14-8-12-7-13(4)6-11(12)5-10(14)3/h5,8-9H,3,6-7H2,1-2,4H3. The van der Waals surface area contributed by atoms with Gasteiger partial charge in [-0.05, 0) is 38.1 Å². The Hall–Kier alpha value is -1.02. The van der Waals surface area contributed by atoms with Crippen LogP contribution in [0.5, 0.6) is 0 Å². The Morgan fingerprint density at radius 1 is 1.29 bits per heavy atom. The van der Waals surface area contributed by atoms with Gasteiger partial charge in [0.05, 0.1) is 0 Å². The highest BCUT2D eigenvalue weighted by atomic mass is 15.2. The summed E-state index contributed by atoms with van der Waals surface area (Å²) >= 11 is 0. The maximum Gasteiger partial charge on any atom is 0.0338 e. The number of nitrogens with zero attached hydrogens (tertiary/aromatic N) is 2. The van der Waals surface area contributed by atoms with Gasteiger partial charge in [0.25, 0.3) is 0 Å². The van der Waals surface area contributed by atoms with Crippen molar-refractivity contribution in [1.29, 1.82) is 0 Å². The molecule has 14 heavy (non-hydrogen) atoms. The Balaban J connectivity index is 2.28. The first-order valence-corrected chi connectivity index (χ1v) is 5.15. The molecule has 2 heteroatoms. The van der Waals surface area contributed by atoms with Crippen LogP contribution in [-0.4, -0.2) is 36.0 Å². The molecule has 0 aromatic rings. The van der Waals surface area contributed by atoms with Crippen molar-refractivity contribution in [2.24, 2.45) is 0 Å². The van der Waals surface area contributed by atoms with Gasteiger partial charge in [0.15, 0.2) is 0 Å². The number of likely N-dealkylation sites (tertiary alicyclic amines) is 1. The molecule has 0 saturated carbocycles. The molecule has 0 unspecified atom stereocenters. The molecular formula is C12H18N2. The van der Waals surface area contributed by atoms with Gasteiger partial charge >= 0.3 is 0 Å². The predicted molar refractivity (Wildman–Crippen MR) is 59.8 cm³/mol. The van der Waals surface area contributed by atoms with Gasteiger partial charge in [0.2, 0.25) is 0 Å². The molecule has 0 amide bonds. The summed E-state index contributed by atoms with van der Waals surface area (Å²) in [5.41, 5.74) is 4.01. The molecule has 0 atom stereocenters. The summed E-state index contributed by atoms with van der Waals surface area (Å²) in [7, 11) is 2.16. The molecule has 0 aromatic heterocycles. The van der Waals surface area contributed by atoms with Gasteiger partial charge in [-0.3, -0.25) is 4.90 Å². The second-order valence-corrected chi connectivity index (χ2v) is 4.49. The van der Waals surface area contributed by atoms with Crippen molar-refractivity contribution in [3.8, 4) is 0 Å². The number of hydrogen-bond donors (Lipinski definition) is 0. The number of allylic oxidation sites excluding steroid dienone is 1. The Morgan fingerprint density at radius 3 is 2.57 bits per heavy atom. The third kappa shape index (κ3) is 1.50. The fourth-order valence-corrected chi connectivity index (χ4v) is 2.11. The summed E-state index contributed by atoms with van der Waals surface area (Å²) in [6, 6.07) is 0.499. The second-order valence-electron chi connectivity index (χ2n) is 4.49. The zero-order chi connectivity index (χ0) is 10.3. The Kier molecular flexibility index (Phi) is 2.23. The first kappa shape index (κ1) is 9.53. The van der Waals surface area contributed by atoms with Crippen LogP contribution >= 0.6 is 0 Å². The van der Waals surface area contributed by atoms with Crippen molar-refractivity contribution < 1.29 is 0 Å². The lowest BCUT2D eigenvalue weighted by Gasteiger charge is -2.29. The largest absolute Gasteiger partial charge is 0.346 e. The summed E-state index contributed by atoms with van der Waals surface area (Å²) < 4.78 is 0. The number of fused-ring (bicyclic) bond motifs is 1. The molecule has 1 fully saturated rings. The van der Waals surface area contributed by atoms with Gasteiger partial charge in [-0.1, -0.05) is 6.58 Å². The topological polar surface area (TPSA) is 6.48 Å². The van der Waals surface area contributed by atoms with E-state index in [9.17, 15) is 0 Å². The first-order valence-electron chi connectivity index (χ1n) is 5.15. The maximum atomic E-state index is 4.09. The van der Waals surface area contributed by atoms with E-state index in [0.29, 0.717) is 6.04 Å². The molecule has 0 aromatic carbocycles. The third-order valence-electron chi connectivity index (χ3n) is 2.82. The molecule has 2 rings (SSSR count). The van der Waals surface area contributed by atoms with Crippen molar-refractivity contribution in [1.82, 2.24) is 9.80 Å². The summed E-state index contributed by atoms with van der Waals surface area (Å²) in [5, 5.41) is 0. The van der Waals surface area contributed by atoms with Crippen LogP contribution in [0.2, 0.25) is 0 Å².